The molecule has 0 saturated heterocycles. The number of hydrogen-bond donors (Lipinski definition) is 0. The second-order valence-corrected chi connectivity index (χ2v) is 8.78. The van der Waals surface area contributed by atoms with E-state index >= 15 is 0 Å². The van der Waals surface area contributed by atoms with Crippen LogP contribution in [-0.4, -0.2) is 13.2 Å². The van der Waals surface area contributed by atoms with Gasteiger partial charge in [0.15, 0.2) is 11.5 Å². The zero-order valence-electron chi connectivity index (χ0n) is 17.5. The van der Waals surface area contributed by atoms with Crippen molar-refractivity contribution in [1.82, 2.24) is 0 Å². The monoisotopic (exact) mass is 394 g/mol. The molecule has 0 atom stereocenters. The van der Waals surface area contributed by atoms with Crippen molar-refractivity contribution in [2.24, 2.45) is 23.7 Å². The van der Waals surface area contributed by atoms with Crippen molar-refractivity contribution in [2.75, 3.05) is 13.2 Å². The van der Waals surface area contributed by atoms with Crippen molar-refractivity contribution in [3.8, 4) is 11.5 Å². The summed E-state index contributed by atoms with van der Waals surface area (Å²) in [6, 6.07) is 2.92. The first kappa shape index (κ1) is 21.4. The second-order valence-electron chi connectivity index (χ2n) is 8.78. The van der Waals surface area contributed by atoms with Crippen molar-refractivity contribution in [3.05, 3.63) is 23.8 Å². The molecular formula is C24H36F2O2. The van der Waals surface area contributed by atoms with E-state index in [4.69, 9.17) is 9.47 Å². The van der Waals surface area contributed by atoms with E-state index in [9.17, 15) is 8.78 Å². The van der Waals surface area contributed by atoms with Crippen molar-refractivity contribution >= 4 is 0 Å². The summed E-state index contributed by atoms with van der Waals surface area (Å²) >= 11 is 0. The maximum Gasteiger partial charge on any atom is 0.204 e. The van der Waals surface area contributed by atoms with Gasteiger partial charge in [-0.1, -0.05) is 32.6 Å². The van der Waals surface area contributed by atoms with Crippen LogP contribution >= 0.6 is 0 Å². The molecule has 0 bridgehead atoms. The van der Waals surface area contributed by atoms with Crippen LogP contribution in [0.1, 0.15) is 78.1 Å². The van der Waals surface area contributed by atoms with Gasteiger partial charge >= 0.3 is 0 Å². The van der Waals surface area contributed by atoms with Gasteiger partial charge in [-0.25, -0.2) is 0 Å². The molecule has 0 amide bonds. The normalized spacial score (nSPS) is 28.1. The van der Waals surface area contributed by atoms with Crippen molar-refractivity contribution < 1.29 is 18.3 Å². The average Bonchev–Trinajstić information content (AvgIpc) is 2.72. The number of halogens is 2. The largest absolute Gasteiger partial charge is 0.491 e. The van der Waals surface area contributed by atoms with E-state index in [1.54, 1.807) is 6.92 Å². The van der Waals surface area contributed by atoms with Gasteiger partial charge < -0.3 is 9.47 Å². The van der Waals surface area contributed by atoms with E-state index in [0.717, 1.165) is 30.6 Å². The lowest BCUT2D eigenvalue weighted by molar-refractivity contribution is 0.120. The Morgan fingerprint density at radius 3 is 1.75 bits per heavy atom. The molecule has 2 aliphatic rings. The molecule has 0 aromatic heterocycles. The number of ether oxygens (including phenoxy) is 2. The Morgan fingerprint density at radius 2 is 1.25 bits per heavy atom. The minimum atomic E-state index is -0.957. The summed E-state index contributed by atoms with van der Waals surface area (Å²) in [4.78, 5) is 0. The van der Waals surface area contributed by atoms with E-state index < -0.39 is 11.6 Å². The molecule has 2 aliphatic carbocycles. The van der Waals surface area contributed by atoms with Crippen LogP contribution < -0.4 is 9.47 Å². The highest BCUT2D eigenvalue weighted by atomic mass is 19.2. The van der Waals surface area contributed by atoms with E-state index in [1.807, 2.05) is 0 Å². The third-order valence-corrected chi connectivity index (χ3v) is 6.93. The maximum absolute atomic E-state index is 14.2. The average molecular weight is 395 g/mol. The summed E-state index contributed by atoms with van der Waals surface area (Å²) in [6.45, 7) is 4.82. The van der Waals surface area contributed by atoms with Crippen LogP contribution in [0.2, 0.25) is 0 Å². The SMILES string of the molecule is CCC[C@H]1CC[C@H]([C@H]2CC[C@H](COc3ccc(OCC)c(F)c3F)CC2)CC1. The van der Waals surface area contributed by atoms with E-state index in [1.165, 1.54) is 63.5 Å². The lowest BCUT2D eigenvalue weighted by atomic mass is 9.69. The molecule has 0 N–H and O–H groups in total. The molecule has 0 unspecified atom stereocenters. The van der Waals surface area contributed by atoms with Crippen LogP contribution in [0.3, 0.4) is 0 Å². The third-order valence-electron chi connectivity index (χ3n) is 6.93. The number of hydrogen-bond acceptors (Lipinski definition) is 2. The van der Waals surface area contributed by atoms with E-state index in [2.05, 4.69) is 6.92 Å². The van der Waals surface area contributed by atoms with Gasteiger partial charge in [-0.2, -0.15) is 8.78 Å². The van der Waals surface area contributed by atoms with Gasteiger partial charge in [-0.3, -0.25) is 0 Å². The molecule has 28 heavy (non-hydrogen) atoms. The van der Waals surface area contributed by atoms with Crippen LogP contribution in [0, 0.1) is 35.3 Å². The molecule has 2 saturated carbocycles. The predicted molar refractivity (Wildman–Crippen MR) is 109 cm³/mol. The molecular weight excluding hydrogens is 358 g/mol. The molecule has 4 heteroatoms. The van der Waals surface area contributed by atoms with Crippen molar-refractivity contribution in [3.63, 3.8) is 0 Å². The molecule has 1 aromatic rings. The summed E-state index contributed by atoms with van der Waals surface area (Å²) in [5, 5.41) is 0. The molecule has 3 rings (SSSR count). The first-order valence-electron chi connectivity index (χ1n) is 11.4. The van der Waals surface area contributed by atoms with Crippen LogP contribution in [-0.2, 0) is 0 Å². The van der Waals surface area contributed by atoms with Crippen LogP contribution in [0.25, 0.3) is 0 Å². The van der Waals surface area contributed by atoms with Gasteiger partial charge in [0.1, 0.15) is 0 Å². The summed E-state index contributed by atoms with van der Waals surface area (Å²) < 4.78 is 38.8. The zero-order valence-corrected chi connectivity index (χ0v) is 17.5. The number of rotatable bonds is 8. The van der Waals surface area contributed by atoms with Gasteiger partial charge in [0.25, 0.3) is 0 Å². The van der Waals surface area contributed by atoms with Gasteiger partial charge in [0, 0.05) is 0 Å². The minimum Gasteiger partial charge on any atom is -0.491 e. The summed E-state index contributed by atoms with van der Waals surface area (Å²) in [6.07, 6.45) is 13.2. The first-order chi connectivity index (χ1) is 13.6. The minimum absolute atomic E-state index is 0.00248. The van der Waals surface area contributed by atoms with Gasteiger partial charge in [0.05, 0.1) is 13.2 Å². The Labute approximate surface area is 169 Å². The lowest BCUT2D eigenvalue weighted by Crippen LogP contribution is -2.27. The Morgan fingerprint density at radius 1 is 0.750 bits per heavy atom. The maximum atomic E-state index is 14.2. The van der Waals surface area contributed by atoms with Crippen LogP contribution in [0.4, 0.5) is 8.78 Å². The fourth-order valence-electron chi connectivity index (χ4n) is 5.28. The molecule has 0 spiro atoms. The molecule has 158 valence electrons. The third kappa shape index (κ3) is 5.39. The molecule has 0 heterocycles. The molecule has 0 radical (unpaired) electrons. The van der Waals surface area contributed by atoms with Crippen LogP contribution in [0.5, 0.6) is 11.5 Å². The summed E-state index contributed by atoms with van der Waals surface area (Å²) in [5.74, 6) is 1.23. The van der Waals surface area contributed by atoms with Gasteiger partial charge in [-0.15, -0.1) is 0 Å². The van der Waals surface area contributed by atoms with Gasteiger partial charge in [-0.05, 0) is 81.3 Å². The summed E-state index contributed by atoms with van der Waals surface area (Å²) in [7, 11) is 0. The topological polar surface area (TPSA) is 18.5 Å². The molecule has 2 nitrogen and oxygen atoms in total. The highest BCUT2D eigenvalue weighted by Crippen LogP contribution is 2.42. The molecule has 1 aromatic carbocycles. The predicted octanol–water partition coefficient (Wildman–Crippen LogP) is 7.16. The van der Waals surface area contributed by atoms with E-state index in [-0.39, 0.29) is 11.5 Å². The van der Waals surface area contributed by atoms with E-state index in [0.29, 0.717) is 19.1 Å². The lowest BCUT2D eigenvalue weighted by Gasteiger charge is -2.37. The Kier molecular flexibility index (Phi) is 7.99. The fourth-order valence-corrected chi connectivity index (χ4v) is 5.28. The highest BCUT2D eigenvalue weighted by molar-refractivity contribution is 5.35. The standard InChI is InChI=1S/C24H36F2O2/c1-3-5-17-6-10-19(11-7-17)20-12-8-18(9-13-20)16-28-22-15-14-21(27-4-2)23(25)24(22)26/h14-15,17-20H,3-13,16H2,1-2H3/t17-,18-,19-,20-. The Bertz CT molecular complexity index is 603. The van der Waals surface area contributed by atoms with Crippen molar-refractivity contribution in [2.45, 2.75) is 78.1 Å². The zero-order chi connectivity index (χ0) is 19.9. The Balaban J connectivity index is 1.42. The quantitative estimate of drug-likeness (QED) is 0.466. The molecule has 0 aliphatic heterocycles. The second kappa shape index (κ2) is 10.5. The fraction of sp³-hybridized carbons (Fsp3) is 0.750. The van der Waals surface area contributed by atoms with Gasteiger partial charge in [0.2, 0.25) is 11.6 Å². The van der Waals surface area contributed by atoms with Crippen LogP contribution in [0.15, 0.2) is 12.1 Å². The highest BCUT2D eigenvalue weighted by Gasteiger charge is 2.31. The molecule has 2 fully saturated rings. The van der Waals surface area contributed by atoms with Crippen molar-refractivity contribution in [1.29, 1.82) is 0 Å². The smallest absolute Gasteiger partial charge is 0.204 e. The summed E-state index contributed by atoms with van der Waals surface area (Å²) in [5.41, 5.74) is 0. The first-order valence-corrected chi connectivity index (χ1v) is 11.4. The Hall–Kier alpha value is -1.32. The number of benzene rings is 1.